The molecule has 2 fully saturated rings. The van der Waals surface area contributed by atoms with Gasteiger partial charge in [0.05, 0.1) is 0 Å². The Hall–Kier alpha value is -0.810. The van der Waals surface area contributed by atoms with Crippen LogP contribution in [0, 0.1) is 0 Å². The van der Waals surface area contributed by atoms with Crippen molar-refractivity contribution in [2.24, 2.45) is 0 Å². The van der Waals surface area contributed by atoms with Crippen LogP contribution in [0.25, 0.3) is 0 Å². The van der Waals surface area contributed by atoms with Gasteiger partial charge in [-0.15, -0.1) is 0 Å². The van der Waals surface area contributed by atoms with Crippen molar-refractivity contribution >= 4 is 25.2 Å². The molecule has 0 spiro atoms. The van der Waals surface area contributed by atoms with Crippen molar-refractivity contribution in [3.05, 3.63) is 23.3 Å². The Bertz CT molecular complexity index is 727. The number of aryl methyl sites for hydroxylation is 2. The van der Waals surface area contributed by atoms with Crippen molar-refractivity contribution in [1.29, 1.82) is 0 Å². The fourth-order valence-corrected chi connectivity index (χ4v) is 6.54. The molecule has 0 atom stereocenters. The van der Waals surface area contributed by atoms with E-state index in [2.05, 4.69) is 26.0 Å². The maximum Gasteiger partial charge on any atom is 0.494 e. The maximum absolute atomic E-state index is 6.16. The molecular weight excluding hydrogens is 518 g/mol. The molecule has 0 unspecified atom stereocenters. The third-order valence-corrected chi connectivity index (χ3v) is 9.16. The van der Waals surface area contributed by atoms with Crippen molar-refractivity contribution in [3.8, 4) is 0 Å². The van der Waals surface area contributed by atoms with Crippen molar-refractivity contribution < 1.29 is 18.6 Å². The van der Waals surface area contributed by atoms with Crippen LogP contribution in [0.15, 0.2) is 12.1 Å². The Morgan fingerprint density at radius 2 is 0.714 bits per heavy atom. The van der Waals surface area contributed by atoms with E-state index < -0.39 is 0 Å². The summed E-state index contributed by atoms with van der Waals surface area (Å²) in [7, 11) is -0.462. The second-order valence-electron chi connectivity index (χ2n) is 13.0. The summed E-state index contributed by atoms with van der Waals surface area (Å²) in [6.45, 7) is 7.73. The number of hydrogen-bond acceptors (Lipinski definition) is 4. The van der Waals surface area contributed by atoms with Gasteiger partial charge in [0.25, 0.3) is 0 Å². The molecule has 1 aromatic rings. The molecule has 3 rings (SSSR count). The first-order chi connectivity index (χ1) is 20.8. The highest BCUT2D eigenvalue weighted by Gasteiger charge is 2.32. The van der Waals surface area contributed by atoms with Gasteiger partial charge in [0, 0.05) is 26.4 Å². The highest BCUT2D eigenvalue weighted by Crippen LogP contribution is 2.18. The number of hydrogen-bond donors (Lipinski definition) is 0. The van der Waals surface area contributed by atoms with Gasteiger partial charge < -0.3 is 18.6 Å². The lowest BCUT2D eigenvalue weighted by molar-refractivity contribution is 0.142. The van der Waals surface area contributed by atoms with E-state index in [-0.39, 0.29) is 14.2 Å². The molecule has 0 bridgehead atoms. The van der Waals surface area contributed by atoms with Crippen LogP contribution in [-0.2, 0) is 31.5 Å². The van der Waals surface area contributed by atoms with E-state index in [4.69, 9.17) is 18.6 Å². The zero-order chi connectivity index (χ0) is 29.5. The van der Waals surface area contributed by atoms with Gasteiger partial charge in [-0.2, -0.15) is 0 Å². The van der Waals surface area contributed by atoms with Gasteiger partial charge in [-0.3, -0.25) is 0 Å². The topological polar surface area (TPSA) is 36.9 Å². The summed E-state index contributed by atoms with van der Waals surface area (Å²) >= 11 is 0. The molecule has 0 saturated carbocycles. The number of benzene rings is 1. The van der Waals surface area contributed by atoms with Crippen LogP contribution in [0.5, 0.6) is 0 Å². The third kappa shape index (κ3) is 14.3. The lowest BCUT2D eigenvalue weighted by Gasteiger charge is -2.26. The first kappa shape index (κ1) is 35.7. The van der Waals surface area contributed by atoms with Gasteiger partial charge in [0.2, 0.25) is 0 Å². The Balaban J connectivity index is 1.56. The summed E-state index contributed by atoms with van der Waals surface area (Å²) < 4.78 is 24.7. The highest BCUT2D eigenvalue weighted by atomic mass is 16.6. The minimum absolute atomic E-state index is 0.231. The maximum atomic E-state index is 6.16. The summed E-state index contributed by atoms with van der Waals surface area (Å²) in [5.41, 5.74) is 5.27. The summed E-state index contributed by atoms with van der Waals surface area (Å²) in [4.78, 5) is 0. The number of rotatable bonds is 24. The Morgan fingerprint density at radius 3 is 1.02 bits per heavy atom. The Kier molecular flexibility index (Phi) is 20.0. The smallest absolute Gasteiger partial charge is 0.407 e. The normalized spacial score (nSPS) is 16.0. The molecule has 0 amide bonds. The molecular formula is C36H64B2O4. The lowest BCUT2D eigenvalue weighted by Crippen LogP contribution is -2.47. The van der Waals surface area contributed by atoms with Crippen molar-refractivity contribution in [2.45, 2.75) is 168 Å². The van der Waals surface area contributed by atoms with Crippen LogP contribution >= 0.6 is 0 Å². The van der Waals surface area contributed by atoms with E-state index >= 15 is 0 Å². The molecule has 1 aromatic carbocycles. The van der Waals surface area contributed by atoms with E-state index in [1.54, 1.807) is 0 Å². The SMILES string of the molecule is CCCCCCCCCCCCc1cc(B2OCCCO2)c(CCCCCCCCCCCC)cc1B1OCCCO1. The monoisotopic (exact) mass is 582 g/mol. The summed E-state index contributed by atoms with van der Waals surface area (Å²) in [5, 5.41) is 0. The van der Waals surface area contributed by atoms with E-state index in [0.717, 1.165) is 52.1 Å². The van der Waals surface area contributed by atoms with Gasteiger partial charge in [0.15, 0.2) is 0 Å². The van der Waals surface area contributed by atoms with Crippen LogP contribution in [0.3, 0.4) is 0 Å². The van der Waals surface area contributed by atoms with Crippen LogP contribution in [0.1, 0.15) is 166 Å². The molecule has 6 heteroatoms. The van der Waals surface area contributed by atoms with Crippen LogP contribution < -0.4 is 10.9 Å². The van der Waals surface area contributed by atoms with Crippen molar-refractivity contribution in [2.75, 3.05) is 26.4 Å². The lowest BCUT2D eigenvalue weighted by atomic mass is 9.67. The quantitative estimate of drug-likeness (QED) is 0.0902. The molecule has 2 aliphatic heterocycles. The summed E-state index contributed by atoms with van der Waals surface area (Å²) in [6.07, 6.45) is 31.3. The van der Waals surface area contributed by atoms with E-state index in [1.165, 1.54) is 150 Å². The molecule has 4 nitrogen and oxygen atoms in total. The summed E-state index contributed by atoms with van der Waals surface area (Å²) in [5.74, 6) is 0. The Labute approximate surface area is 261 Å². The molecule has 238 valence electrons. The Morgan fingerprint density at radius 1 is 0.429 bits per heavy atom. The van der Waals surface area contributed by atoms with Crippen LogP contribution in [0.2, 0.25) is 0 Å². The largest absolute Gasteiger partial charge is 0.494 e. The zero-order valence-electron chi connectivity index (χ0n) is 27.7. The van der Waals surface area contributed by atoms with Crippen molar-refractivity contribution in [3.63, 3.8) is 0 Å². The van der Waals surface area contributed by atoms with E-state index in [0.29, 0.717) is 0 Å². The van der Waals surface area contributed by atoms with Crippen LogP contribution in [-0.4, -0.2) is 40.7 Å². The predicted molar refractivity (Wildman–Crippen MR) is 181 cm³/mol. The average molecular weight is 583 g/mol. The van der Waals surface area contributed by atoms with Crippen LogP contribution in [0.4, 0.5) is 0 Å². The second-order valence-corrected chi connectivity index (χ2v) is 13.0. The fourth-order valence-electron chi connectivity index (χ4n) is 6.54. The molecule has 0 radical (unpaired) electrons. The van der Waals surface area contributed by atoms with Gasteiger partial charge >= 0.3 is 14.2 Å². The van der Waals surface area contributed by atoms with E-state index in [9.17, 15) is 0 Å². The molecule has 0 N–H and O–H groups in total. The highest BCUT2D eigenvalue weighted by molar-refractivity contribution is 6.64. The molecule has 2 saturated heterocycles. The second kappa shape index (κ2) is 23.6. The summed E-state index contributed by atoms with van der Waals surface area (Å²) in [6, 6.07) is 4.82. The van der Waals surface area contributed by atoms with Gasteiger partial charge in [-0.05, 0) is 60.6 Å². The number of unbranched alkanes of at least 4 members (excludes halogenated alkanes) is 18. The first-order valence-electron chi connectivity index (χ1n) is 18.5. The molecule has 0 aromatic heterocycles. The van der Waals surface area contributed by atoms with Gasteiger partial charge in [0.1, 0.15) is 0 Å². The molecule has 0 aliphatic carbocycles. The predicted octanol–water partition coefficient (Wildman–Crippen LogP) is 8.88. The first-order valence-corrected chi connectivity index (χ1v) is 18.5. The van der Waals surface area contributed by atoms with Gasteiger partial charge in [-0.1, -0.05) is 142 Å². The van der Waals surface area contributed by atoms with Crippen molar-refractivity contribution in [1.82, 2.24) is 0 Å². The molecule has 2 heterocycles. The average Bonchev–Trinajstić information content (AvgIpc) is 3.03. The third-order valence-electron chi connectivity index (χ3n) is 9.16. The van der Waals surface area contributed by atoms with E-state index in [1.807, 2.05) is 0 Å². The fraction of sp³-hybridized carbons (Fsp3) is 0.833. The minimum atomic E-state index is -0.231. The molecule has 42 heavy (non-hydrogen) atoms. The zero-order valence-corrected chi connectivity index (χ0v) is 27.7. The molecule has 2 aliphatic rings. The van der Waals surface area contributed by atoms with Gasteiger partial charge in [-0.25, -0.2) is 0 Å². The standard InChI is InChI=1S/C36H64B2O4/c1-3-5-7-9-11-13-15-17-19-21-25-33-31-36(38-41-29-24-30-42-38)34(32-35(33)37-39-27-23-28-40-37)26-22-20-18-16-14-12-10-8-6-4-2/h31-32H,3-30H2,1-2H3. The minimum Gasteiger partial charge on any atom is -0.407 e.